The Kier molecular flexibility index (Phi) is 5.50. The second-order valence-corrected chi connectivity index (χ2v) is 8.66. The van der Waals surface area contributed by atoms with Gasteiger partial charge in [0, 0.05) is 31.6 Å². The molecule has 1 amide bonds. The summed E-state index contributed by atoms with van der Waals surface area (Å²) in [6.45, 7) is 6.48. The van der Waals surface area contributed by atoms with Gasteiger partial charge in [-0.3, -0.25) is 9.69 Å². The molecule has 2 aliphatic heterocycles. The van der Waals surface area contributed by atoms with Gasteiger partial charge < -0.3 is 14.7 Å². The molecule has 0 aliphatic carbocycles. The highest BCUT2D eigenvalue weighted by Gasteiger charge is 2.43. The van der Waals surface area contributed by atoms with Crippen molar-refractivity contribution >= 4 is 5.91 Å². The first-order valence-electron chi connectivity index (χ1n) is 10.4. The topological polar surface area (TPSA) is 53.0 Å². The number of carbonyl (C=O) groups is 1. The van der Waals surface area contributed by atoms with Gasteiger partial charge in [-0.25, -0.2) is 0 Å². The fourth-order valence-electron chi connectivity index (χ4n) is 4.91. The maximum absolute atomic E-state index is 13.0. The van der Waals surface area contributed by atoms with Crippen LogP contribution in [0.1, 0.15) is 40.7 Å². The number of likely N-dealkylation sites (tertiary alicyclic amines) is 2. The van der Waals surface area contributed by atoms with Crippen LogP contribution in [-0.2, 0) is 6.54 Å². The Balaban J connectivity index is 1.43. The maximum Gasteiger partial charge on any atom is 0.257 e. The van der Waals surface area contributed by atoms with Gasteiger partial charge in [-0.1, -0.05) is 23.8 Å². The van der Waals surface area contributed by atoms with E-state index in [4.69, 9.17) is 4.74 Å². The van der Waals surface area contributed by atoms with Crippen molar-refractivity contribution in [1.82, 2.24) is 9.80 Å². The Hall–Kier alpha value is -2.53. The number of hydrogen-bond acceptors (Lipinski definition) is 4. The number of hydrogen-bond donors (Lipinski definition) is 1. The highest BCUT2D eigenvalue weighted by Crippen LogP contribution is 2.40. The average molecular weight is 395 g/mol. The van der Waals surface area contributed by atoms with E-state index in [1.807, 2.05) is 30.0 Å². The van der Waals surface area contributed by atoms with Crippen molar-refractivity contribution in [3.05, 3.63) is 59.2 Å². The minimum atomic E-state index is -0.0482. The first-order chi connectivity index (χ1) is 14.0. The summed E-state index contributed by atoms with van der Waals surface area (Å²) in [7, 11) is 1.70. The first kappa shape index (κ1) is 19.8. The Labute approximate surface area is 172 Å². The highest BCUT2D eigenvalue weighted by molar-refractivity contribution is 5.97. The highest BCUT2D eigenvalue weighted by atomic mass is 16.5. The molecule has 1 atom stereocenters. The number of phenols is 1. The number of ether oxygens (including phenoxy) is 1. The average Bonchev–Trinajstić information content (AvgIpc) is 3.12. The first-order valence-corrected chi connectivity index (χ1v) is 10.4. The molecule has 0 saturated carbocycles. The minimum Gasteiger partial charge on any atom is -0.507 e. The third kappa shape index (κ3) is 4.25. The molecule has 5 nitrogen and oxygen atoms in total. The molecule has 2 aliphatic rings. The summed E-state index contributed by atoms with van der Waals surface area (Å²) in [6, 6.07) is 13.5. The molecule has 2 heterocycles. The van der Waals surface area contributed by atoms with E-state index < -0.39 is 0 Å². The molecule has 2 saturated heterocycles. The maximum atomic E-state index is 13.0. The van der Waals surface area contributed by atoms with Crippen LogP contribution in [0.15, 0.2) is 42.5 Å². The predicted molar refractivity (Wildman–Crippen MR) is 113 cm³/mol. The number of methoxy groups -OCH3 is 1. The van der Waals surface area contributed by atoms with Gasteiger partial charge in [0.05, 0.1) is 12.7 Å². The van der Waals surface area contributed by atoms with E-state index in [0.717, 1.165) is 63.3 Å². The smallest absolute Gasteiger partial charge is 0.257 e. The van der Waals surface area contributed by atoms with Gasteiger partial charge >= 0.3 is 0 Å². The Morgan fingerprint density at radius 1 is 1.14 bits per heavy atom. The zero-order valence-electron chi connectivity index (χ0n) is 17.4. The van der Waals surface area contributed by atoms with Gasteiger partial charge in [0.2, 0.25) is 0 Å². The second-order valence-electron chi connectivity index (χ2n) is 8.66. The van der Waals surface area contributed by atoms with Crippen LogP contribution in [0.5, 0.6) is 11.5 Å². The van der Waals surface area contributed by atoms with Gasteiger partial charge in [0.15, 0.2) is 0 Å². The van der Waals surface area contributed by atoms with Gasteiger partial charge in [0.25, 0.3) is 5.91 Å². The summed E-state index contributed by atoms with van der Waals surface area (Å²) in [5, 5.41) is 10.2. The summed E-state index contributed by atoms with van der Waals surface area (Å²) in [4.78, 5) is 17.5. The van der Waals surface area contributed by atoms with Crippen LogP contribution in [-0.4, -0.2) is 54.1 Å². The van der Waals surface area contributed by atoms with Gasteiger partial charge in [-0.2, -0.15) is 0 Å². The number of rotatable bonds is 4. The zero-order chi connectivity index (χ0) is 20.4. The number of nitrogens with zero attached hydrogens (tertiary/aromatic N) is 2. The molecule has 1 spiro atoms. The lowest BCUT2D eigenvalue weighted by Gasteiger charge is -2.40. The van der Waals surface area contributed by atoms with E-state index in [2.05, 4.69) is 17.0 Å². The third-order valence-corrected chi connectivity index (χ3v) is 6.39. The van der Waals surface area contributed by atoms with Crippen LogP contribution in [0.2, 0.25) is 0 Å². The summed E-state index contributed by atoms with van der Waals surface area (Å²) in [5.41, 5.74) is 2.83. The fourth-order valence-corrected chi connectivity index (χ4v) is 4.91. The molecule has 2 fully saturated rings. The van der Waals surface area contributed by atoms with Gasteiger partial charge in [-0.15, -0.1) is 0 Å². The summed E-state index contributed by atoms with van der Waals surface area (Å²) < 4.78 is 5.35. The molecule has 4 rings (SSSR count). The number of phenolic OH excluding ortho intramolecular Hbond substituents is 1. The number of piperidine rings is 1. The molecule has 29 heavy (non-hydrogen) atoms. The molecule has 1 N–H and O–H groups in total. The predicted octanol–water partition coefficient (Wildman–Crippen LogP) is 3.84. The standard InChI is InChI=1S/C24H30N2O3/c1-18-7-8-22(27)21(13-18)23(28)26-12-10-24(17-26)9-4-11-25(16-24)15-19-5-3-6-20(14-19)29-2/h3,5-8,13-14,27H,4,9-12,15-17H2,1-2H3. The zero-order valence-corrected chi connectivity index (χ0v) is 17.4. The molecule has 2 aromatic carbocycles. The Bertz CT molecular complexity index is 897. The Morgan fingerprint density at radius 3 is 2.83 bits per heavy atom. The van der Waals surface area contributed by atoms with E-state index in [0.29, 0.717) is 5.56 Å². The molecule has 1 unspecified atom stereocenters. The monoisotopic (exact) mass is 394 g/mol. The van der Waals surface area contributed by atoms with Crippen molar-refractivity contribution in [1.29, 1.82) is 0 Å². The van der Waals surface area contributed by atoms with E-state index in [-0.39, 0.29) is 17.1 Å². The molecule has 2 aromatic rings. The molecular weight excluding hydrogens is 364 g/mol. The van der Waals surface area contributed by atoms with Crippen LogP contribution >= 0.6 is 0 Å². The van der Waals surface area contributed by atoms with Crippen LogP contribution in [0.25, 0.3) is 0 Å². The normalized spacial score (nSPS) is 22.2. The van der Waals surface area contributed by atoms with Crippen LogP contribution < -0.4 is 4.74 Å². The van der Waals surface area contributed by atoms with Crippen molar-refractivity contribution in [2.24, 2.45) is 5.41 Å². The molecule has 0 aromatic heterocycles. The molecule has 0 radical (unpaired) electrons. The van der Waals surface area contributed by atoms with E-state index in [1.54, 1.807) is 19.2 Å². The van der Waals surface area contributed by atoms with E-state index >= 15 is 0 Å². The number of aryl methyl sites for hydroxylation is 1. The van der Waals surface area contributed by atoms with Crippen molar-refractivity contribution in [3.63, 3.8) is 0 Å². The van der Waals surface area contributed by atoms with E-state index in [1.165, 1.54) is 5.56 Å². The third-order valence-electron chi connectivity index (χ3n) is 6.39. The lowest BCUT2D eigenvalue weighted by molar-refractivity contribution is 0.0673. The summed E-state index contributed by atoms with van der Waals surface area (Å²) >= 11 is 0. The minimum absolute atomic E-state index is 0.0482. The van der Waals surface area contributed by atoms with Crippen molar-refractivity contribution in [3.8, 4) is 11.5 Å². The number of benzene rings is 2. The Morgan fingerprint density at radius 2 is 2.00 bits per heavy atom. The second kappa shape index (κ2) is 8.07. The molecule has 0 bridgehead atoms. The van der Waals surface area contributed by atoms with Crippen LogP contribution in [0.3, 0.4) is 0 Å². The van der Waals surface area contributed by atoms with Crippen molar-refractivity contribution in [2.75, 3.05) is 33.3 Å². The lowest BCUT2D eigenvalue weighted by atomic mass is 9.79. The van der Waals surface area contributed by atoms with Gasteiger partial charge in [-0.05, 0) is 62.6 Å². The van der Waals surface area contributed by atoms with Crippen LogP contribution in [0, 0.1) is 12.3 Å². The van der Waals surface area contributed by atoms with E-state index in [9.17, 15) is 9.90 Å². The number of amides is 1. The molecular formula is C24H30N2O3. The summed E-state index contributed by atoms with van der Waals surface area (Å²) in [6.07, 6.45) is 3.34. The molecule has 5 heteroatoms. The number of aromatic hydroxyl groups is 1. The van der Waals surface area contributed by atoms with Crippen LogP contribution in [0.4, 0.5) is 0 Å². The lowest BCUT2D eigenvalue weighted by Crippen LogP contribution is -2.45. The van der Waals surface area contributed by atoms with Crippen molar-refractivity contribution in [2.45, 2.75) is 32.7 Å². The quantitative estimate of drug-likeness (QED) is 0.856. The largest absolute Gasteiger partial charge is 0.507 e. The fraction of sp³-hybridized carbons (Fsp3) is 0.458. The SMILES string of the molecule is COc1cccc(CN2CCCC3(CCN(C(=O)c4cc(C)ccc4O)C3)C2)c1. The van der Waals surface area contributed by atoms with Crippen molar-refractivity contribution < 1.29 is 14.6 Å². The number of carbonyl (C=O) groups excluding carboxylic acids is 1. The molecule has 154 valence electrons. The van der Waals surface area contributed by atoms with Gasteiger partial charge in [0.1, 0.15) is 11.5 Å². The summed E-state index contributed by atoms with van der Waals surface area (Å²) in [5.74, 6) is 0.919.